The fourth-order valence-corrected chi connectivity index (χ4v) is 2.16. The number of aliphatic carboxylic acids is 1. The van der Waals surface area contributed by atoms with Gasteiger partial charge < -0.3 is 10.4 Å². The van der Waals surface area contributed by atoms with Gasteiger partial charge in [0.2, 0.25) is 0 Å². The fraction of sp³-hybridized carbons (Fsp3) is 0.312. The minimum absolute atomic E-state index is 0.351. The van der Waals surface area contributed by atoms with Gasteiger partial charge in [-0.15, -0.1) is 0 Å². The van der Waals surface area contributed by atoms with Crippen molar-refractivity contribution in [3.05, 3.63) is 36.0 Å². The molecule has 21 heavy (non-hydrogen) atoms. The lowest BCUT2D eigenvalue weighted by molar-refractivity contribution is -0.141. The summed E-state index contributed by atoms with van der Waals surface area (Å²) >= 11 is 0. The molecule has 0 bridgehead atoms. The van der Waals surface area contributed by atoms with Crippen LogP contribution in [0.25, 0.3) is 10.9 Å². The number of anilines is 1. The molecule has 0 aliphatic heterocycles. The Bertz CT molecular complexity index is 691. The third kappa shape index (κ3) is 3.48. The van der Waals surface area contributed by atoms with E-state index in [-0.39, 0.29) is 5.92 Å². The lowest BCUT2D eigenvalue weighted by Crippen LogP contribution is -2.12. The van der Waals surface area contributed by atoms with E-state index in [0.29, 0.717) is 18.5 Å². The van der Waals surface area contributed by atoms with Crippen molar-refractivity contribution < 1.29 is 9.90 Å². The first kappa shape index (κ1) is 14.8. The summed E-state index contributed by atoms with van der Waals surface area (Å²) in [7, 11) is 0. The minimum Gasteiger partial charge on any atom is -0.481 e. The Morgan fingerprint density at radius 2 is 2.24 bits per heavy atom. The number of para-hydroxylation sites is 1. The molecule has 108 valence electrons. The molecule has 1 aromatic heterocycles. The Labute approximate surface area is 123 Å². The number of aromatic nitrogens is 1. The van der Waals surface area contributed by atoms with Gasteiger partial charge in [-0.05, 0) is 18.9 Å². The topological polar surface area (TPSA) is 86.0 Å². The third-order valence-corrected chi connectivity index (χ3v) is 3.43. The van der Waals surface area contributed by atoms with Crippen molar-refractivity contribution >= 4 is 22.6 Å². The van der Waals surface area contributed by atoms with Gasteiger partial charge in [-0.1, -0.05) is 25.1 Å². The number of carboxylic acids is 1. The number of nitriles is 1. The molecule has 0 aliphatic carbocycles. The fourth-order valence-electron chi connectivity index (χ4n) is 2.16. The van der Waals surface area contributed by atoms with Gasteiger partial charge >= 0.3 is 5.97 Å². The molecule has 0 aliphatic rings. The van der Waals surface area contributed by atoms with Crippen LogP contribution in [0.1, 0.15) is 25.3 Å². The van der Waals surface area contributed by atoms with E-state index in [9.17, 15) is 10.1 Å². The molecule has 1 aromatic carbocycles. The Balaban J connectivity index is 2.11. The molecule has 0 saturated carbocycles. The lowest BCUT2D eigenvalue weighted by Gasteiger charge is -2.12. The zero-order valence-corrected chi connectivity index (χ0v) is 11.8. The van der Waals surface area contributed by atoms with E-state index in [0.717, 1.165) is 23.0 Å². The number of hydrogen-bond acceptors (Lipinski definition) is 4. The smallest absolute Gasteiger partial charge is 0.306 e. The standard InChI is InChI=1S/C16H17N3O2/c1-11(16(20)21)5-4-8-18-15-12(9-17)10-19-14-7-3-2-6-13(14)15/h2-3,6-7,10-11H,4-5,8H2,1H3,(H,18,19)(H,20,21). The van der Waals surface area contributed by atoms with Crippen molar-refractivity contribution in [2.24, 2.45) is 5.92 Å². The maximum absolute atomic E-state index is 10.8. The van der Waals surface area contributed by atoms with Crippen LogP contribution in [0.3, 0.4) is 0 Å². The van der Waals surface area contributed by atoms with Gasteiger partial charge in [0.1, 0.15) is 6.07 Å². The van der Waals surface area contributed by atoms with Gasteiger partial charge in [-0.3, -0.25) is 9.78 Å². The van der Waals surface area contributed by atoms with E-state index in [1.54, 1.807) is 13.1 Å². The van der Waals surface area contributed by atoms with E-state index in [1.807, 2.05) is 24.3 Å². The van der Waals surface area contributed by atoms with Crippen molar-refractivity contribution in [3.8, 4) is 6.07 Å². The zero-order valence-electron chi connectivity index (χ0n) is 11.8. The highest BCUT2D eigenvalue weighted by molar-refractivity contribution is 5.93. The molecule has 0 spiro atoms. The Morgan fingerprint density at radius 3 is 2.95 bits per heavy atom. The molecule has 0 radical (unpaired) electrons. The van der Waals surface area contributed by atoms with Crippen LogP contribution in [-0.2, 0) is 4.79 Å². The third-order valence-electron chi connectivity index (χ3n) is 3.43. The SMILES string of the molecule is CC(CCCNc1c(C#N)cnc2ccccc12)C(=O)O. The van der Waals surface area contributed by atoms with Gasteiger partial charge in [0.15, 0.2) is 0 Å². The van der Waals surface area contributed by atoms with Crippen molar-refractivity contribution in [2.75, 3.05) is 11.9 Å². The average molecular weight is 283 g/mol. The van der Waals surface area contributed by atoms with E-state index in [4.69, 9.17) is 5.11 Å². The van der Waals surface area contributed by atoms with Gasteiger partial charge in [-0.25, -0.2) is 0 Å². The highest BCUT2D eigenvalue weighted by Crippen LogP contribution is 2.25. The van der Waals surface area contributed by atoms with Gasteiger partial charge in [-0.2, -0.15) is 5.26 Å². The lowest BCUT2D eigenvalue weighted by atomic mass is 10.1. The van der Waals surface area contributed by atoms with Crippen molar-refractivity contribution in [1.29, 1.82) is 5.26 Å². The number of carboxylic acid groups (broad SMARTS) is 1. The monoisotopic (exact) mass is 283 g/mol. The number of rotatable bonds is 6. The second-order valence-electron chi connectivity index (χ2n) is 4.98. The van der Waals surface area contributed by atoms with E-state index in [2.05, 4.69) is 16.4 Å². The molecule has 5 heteroatoms. The molecule has 0 amide bonds. The summed E-state index contributed by atoms with van der Waals surface area (Å²) in [5.41, 5.74) is 2.10. The highest BCUT2D eigenvalue weighted by atomic mass is 16.4. The second kappa shape index (κ2) is 6.71. The van der Waals surface area contributed by atoms with Gasteiger partial charge in [0.25, 0.3) is 0 Å². The van der Waals surface area contributed by atoms with Crippen LogP contribution < -0.4 is 5.32 Å². The van der Waals surface area contributed by atoms with E-state index >= 15 is 0 Å². The van der Waals surface area contributed by atoms with Crippen molar-refractivity contribution in [1.82, 2.24) is 4.98 Å². The number of nitrogens with zero attached hydrogens (tertiary/aromatic N) is 2. The molecule has 2 rings (SSSR count). The summed E-state index contributed by atoms with van der Waals surface area (Å²) in [5, 5.41) is 22.2. The molecular weight excluding hydrogens is 266 g/mol. The Morgan fingerprint density at radius 1 is 1.48 bits per heavy atom. The number of fused-ring (bicyclic) bond motifs is 1. The van der Waals surface area contributed by atoms with Gasteiger partial charge in [0, 0.05) is 18.1 Å². The molecule has 2 N–H and O–H groups in total. The molecule has 1 unspecified atom stereocenters. The van der Waals surface area contributed by atoms with Crippen LogP contribution in [-0.4, -0.2) is 22.6 Å². The van der Waals surface area contributed by atoms with Crippen LogP contribution in [0.5, 0.6) is 0 Å². The summed E-state index contributed by atoms with van der Waals surface area (Å²) in [6.07, 6.45) is 2.90. The largest absolute Gasteiger partial charge is 0.481 e. The molecule has 2 aromatic rings. The predicted molar refractivity (Wildman–Crippen MR) is 81.0 cm³/mol. The first-order chi connectivity index (χ1) is 10.1. The number of nitrogens with one attached hydrogen (secondary N) is 1. The van der Waals surface area contributed by atoms with Crippen LogP contribution in [0.4, 0.5) is 5.69 Å². The molecule has 0 saturated heterocycles. The van der Waals surface area contributed by atoms with Crippen LogP contribution in [0.15, 0.2) is 30.5 Å². The van der Waals surface area contributed by atoms with Crippen molar-refractivity contribution in [3.63, 3.8) is 0 Å². The van der Waals surface area contributed by atoms with Crippen LogP contribution >= 0.6 is 0 Å². The molecular formula is C16H17N3O2. The molecule has 1 atom stereocenters. The number of pyridine rings is 1. The predicted octanol–water partition coefficient (Wildman–Crippen LogP) is 3.02. The quantitative estimate of drug-likeness (QED) is 0.796. The zero-order chi connectivity index (χ0) is 15.2. The average Bonchev–Trinajstić information content (AvgIpc) is 2.50. The molecule has 1 heterocycles. The maximum Gasteiger partial charge on any atom is 0.306 e. The minimum atomic E-state index is -0.776. The normalized spacial score (nSPS) is 11.8. The number of hydrogen-bond donors (Lipinski definition) is 2. The second-order valence-corrected chi connectivity index (χ2v) is 4.98. The Kier molecular flexibility index (Phi) is 4.72. The maximum atomic E-state index is 10.8. The summed E-state index contributed by atoms with van der Waals surface area (Å²) in [5.74, 6) is -1.13. The summed E-state index contributed by atoms with van der Waals surface area (Å²) in [6, 6.07) is 9.76. The van der Waals surface area contributed by atoms with E-state index < -0.39 is 5.97 Å². The highest BCUT2D eigenvalue weighted by Gasteiger charge is 2.11. The first-order valence-electron chi connectivity index (χ1n) is 6.88. The number of carbonyl (C=O) groups is 1. The molecule has 0 fully saturated rings. The van der Waals surface area contributed by atoms with Crippen LogP contribution in [0.2, 0.25) is 0 Å². The van der Waals surface area contributed by atoms with Crippen LogP contribution in [0, 0.1) is 17.2 Å². The van der Waals surface area contributed by atoms with E-state index in [1.165, 1.54) is 0 Å². The summed E-state index contributed by atoms with van der Waals surface area (Å²) in [6.45, 7) is 2.32. The molecule has 5 nitrogen and oxygen atoms in total. The summed E-state index contributed by atoms with van der Waals surface area (Å²) < 4.78 is 0. The van der Waals surface area contributed by atoms with Crippen molar-refractivity contribution in [2.45, 2.75) is 19.8 Å². The summed E-state index contributed by atoms with van der Waals surface area (Å²) in [4.78, 5) is 15.0. The van der Waals surface area contributed by atoms with Gasteiger partial charge in [0.05, 0.1) is 22.7 Å². The first-order valence-corrected chi connectivity index (χ1v) is 6.88. The Hall–Kier alpha value is -2.61. The number of benzene rings is 1.